The zero-order valence-electron chi connectivity index (χ0n) is 26.8. The van der Waals surface area contributed by atoms with Gasteiger partial charge in [0.1, 0.15) is 0 Å². The van der Waals surface area contributed by atoms with Crippen molar-refractivity contribution in [1.82, 2.24) is 0 Å². The molecule has 2 nitrogen and oxygen atoms in total. The second-order valence-corrected chi connectivity index (χ2v) is 13.3. The van der Waals surface area contributed by atoms with Crippen molar-refractivity contribution >= 4 is 56.7 Å². The summed E-state index contributed by atoms with van der Waals surface area (Å²) in [4.78, 5) is 7.24. The molecule has 1 aliphatic rings. The molecule has 0 bridgehead atoms. The summed E-state index contributed by atoms with van der Waals surface area (Å²) < 4.78 is 0. The molecule has 3 heteroatoms. The maximum Gasteiger partial charge on any atom is 0.0540 e. The number of fused-ring (bicyclic) bond motifs is 2. The lowest BCUT2D eigenvalue weighted by Crippen LogP contribution is -2.10. The fourth-order valence-electron chi connectivity index (χ4n) is 6.98. The van der Waals surface area contributed by atoms with Gasteiger partial charge < -0.3 is 9.80 Å². The summed E-state index contributed by atoms with van der Waals surface area (Å²) in [6.45, 7) is 0. The predicted molar refractivity (Wildman–Crippen MR) is 208 cm³/mol. The highest BCUT2D eigenvalue weighted by atomic mass is 32.2. The summed E-state index contributed by atoms with van der Waals surface area (Å²) in [5.41, 5.74) is 11.9. The van der Waals surface area contributed by atoms with Crippen LogP contribution >= 0.6 is 11.8 Å². The van der Waals surface area contributed by atoms with Crippen molar-refractivity contribution in [2.75, 3.05) is 9.80 Å². The Bertz CT molecular complexity index is 2310. The first-order chi connectivity index (χ1) is 24.3. The Kier molecular flexibility index (Phi) is 7.45. The number of para-hydroxylation sites is 4. The average molecular weight is 645 g/mol. The number of hydrogen-bond donors (Lipinski definition) is 0. The van der Waals surface area contributed by atoms with Crippen LogP contribution in [-0.4, -0.2) is 0 Å². The van der Waals surface area contributed by atoms with Gasteiger partial charge in [-0.25, -0.2) is 0 Å². The third-order valence-electron chi connectivity index (χ3n) is 9.23. The molecule has 0 atom stereocenters. The summed E-state index contributed by atoms with van der Waals surface area (Å²) in [5, 5.41) is 2.57. The molecule has 0 saturated heterocycles. The van der Waals surface area contributed by atoms with Gasteiger partial charge in [0, 0.05) is 49.0 Å². The van der Waals surface area contributed by atoms with Crippen LogP contribution in [0.5, 0.6) is 0 Å². The van der Waals surface area contributed by atoms with Gasteiger partial charge in [-0.1, -0.05) is 127 Å². The predicted octanol–water partition coefficient (Wildman–Crippen LogP) is 13.6. The lowest BCUT2D eigenvalue weighted by Gasteiger charge is -2.29. The third-order valence-corrected chi connectivity index (χ3v) is 10.3. The topological polar surface area (TPSA) is 6.48 Å². The maximum absolute atomic E-state index is 2.37. The second kappa shape index (κ2) is 12.5. The van der Waals surface area contributed by atoms with Crippen molar-refractivity contribution in [2.45, 2.75) is 9.79 Å². The van der Waals surface area contributed by atoms with Crippen molar-refractivity contribution in [2.24, 2.45) is 0 Å². The molecule has 1 heterocycles. The van der Waals surface area contributed by atoms with Crippen molar-refractivity contribution < 1.29 is 0 Å². The molecule has 0 amide bonds. The van der Waals surface area contributed by atoms with E-state index < -0.39 is 0 Å². The van der Waals surface area contributed by atoms with Crippen molar-refractivity contribution in [3.63, 3.8) is 0 Å². The van der Waals surface area contributed by atoms with E-state index in [2.05, 4.69) is 204 Å². The summed E-state index contributed by atoms with van der Waals surface area (Å²) >= 11 is 1.87. The quantitative estimate of drug-likeness (QED) is 0.170. The highest BCUT2D eigenvalue weighted by Gasteiger charge is 2.24. The third kappa shape index (κ3) is 5.35. The Morgan fingerprint density at radius 3 is 1.39 bits per heavy atom. The Morgan fingerprint density at radius 2 is 0.816 bits per heavy atom. The minimum atomic E-state index is 1.13. The van der Waals surface area contributed by atoms with E-state index >= 15 is 0 Å². The average Bonchev–Trinajstić information content (AvgIpc) is 3.18. The summed E-state index contributed by atoms with van der Waals surface area (Å²) in [7, 11) is 0. The van der Waals surface area contributed by atoms with Gasteiger partial charge >= 0.3 is 0 Å². The van der Waals surface area contributed by atoms with Crippen molar-refractivity contribution in [3.8, 4) is 22.3 Å². The van der Waals surface area contributed by atoms with Crippen molar-refractivity contribution in [1.29, 1.82) is 0 Å². The SMILES string of the molecule is c1ccc(N(c2ccccc2)c2ccc(-c3ccc4c(c3)Sc3cccc5c(N(c6ccccc6)c6ccccc6)ccc-4c35)cc2)cc1. The molecule has 232 valence electrons. The summed E-state index contributed by atoms with van der Waals surface area (Å²) in [5.74, 6) is 0. The van der Waals surface area contributed by atoms with Gasteiger partial charge in [0.2, 0.25) is 0 Å². The fourth-order valence-corrected chi connectivity index (χ4v) is 8.15. The molecular formula is C46H32N2S. The van der Waals surface area contributed by atoms with Gasteiger partial charge in [0.15, 0.2) is 0 Å². The van der Waals surface area contributed by atoms with E-state index in [1.54, 1.807) is 0 Å². The minimum absolute atomic E-state index is 1.13. The minimum Gasteiger partial charge on any atom is -0.311 e. The van der Waals surface area contributed by atoms with Gasteiger partial charge in [-0.15, -0.1) is 0 Å². The summed E-state index contributed by atoms with van der Waals surface area (Å²) in [6, 6.07) is 69.6. The lowest BCUT2D eigenvalue weighted by molar-refractivity contribution is 1.28. The van der Waals surface area contributed by atoms with E-state index in [1.165, 1.54) is 48.5 Å². The Morgan fingerprint density at radius 1 is 0.327 bits per heavy atom. The monoisotopic (exact) mass is 644 g/mol. The molecule has 0 aliphatic carbocycles. The zero-order chi connectivity index (χ0) is 32.6. The van der Waals surface area contributed by atoms with E-state index in [9.17, 15) is 0 Å². The highest BCUT2D eigenvalue weighted by Crippen LogP contribution is 2.52. The van der Waals surface area contributed by atoms with Gasteiger partial charge in [0.05, 0.1) is 5.69 Å². The van der Waals surface area contributed by atoms with Crippen LogP contribution in [0.2, 0.25) is 0 Å². The van der Waals surface area contributed by atoms with Crippen LogP contribution in [0.3, 0.4) is 0 Å². The normalized spacial score (nSPS) is 11.6. The van der Waals surface area contributed by atoms with Crippen LogP contribution in [0.1, 0.15) is 0 Å². The first-order valence-electron chi connectivity index (χ1n) is 16.6. The molecule has 0 spiro atoms. The number of hydrogen-bond acceptors (Lipinski definition) is 3. The van der Waals surface area contributed by atoms with E-state index in [1.807, 2.05) is 11.8 Å². The zero-order valence-corrected chi connectivity index (χ0v) is 27.6. The van der Waals surface area contributed by atoms with Gasteiger partial charge in [-0.05, 0) is 101 Å². The molecule has 8 aromatic rings. The number of benzene rings is 8. The van der Waals surface area contributed by atoms with Gasteiger partial charge in [-0.2, -0.15) is 0 Å². The Hall–Kier alpha value is -6.03. The standard InChI is InChI=1S/C46H32N2S/c1-5-14-35(15-6-1)47(36-16-7-2-8-17-36)39-27-24-33(25-28-39)34-26-29-40-41-30-31-43(42-22-13-23-44(46(41)42)49-45(40)32-34)48(37-18-9-3-10-19-37)38-20-11-4-12-21-38/h1-32H. The lowest BCUT2D eigenvalue weighted by atomic mass is 9.94. The van der Waals surface area contributed by atoms with Crippen LogP contribution in [0, 0.1) is 0 Å². The molecule has 0 N–H and O–H groups in total. The van der Waals surface area contributed by atoms with Crippen LogP contribution in [0.25, 0.3) is 33.0 Å². The van der Waals surface area contributed by atoms with Crippen LogP contribution in [-0.2, 0) is 0 Å². The van der Waals surface area contributed by atoms with Crippen LogP contribution in [0.4, 0.5) is 34.1 Å². The Balaban J connectivity index is 1.09. The molecule has 0 unspecified atom stereocenters. The number of nitrogens with zero attached hydrogens (tertiary/aromatic N) is 2. The fraction of sp³-hybridized carbons (Fsp3) is 0. The molecule has 0 fully saturated rings. The molecule has 49 heavy (non-hydrogen) atoms. The highest BCUT2D eigenvalue weighted by molar-refractivity contribution is 7.99. The number of rotatable bonds is 7. The smallest absolute Gasteiger partial charge is 0.0540 e. The largest absolute Gasteiger partial charge is 0.311 e. The first kappa shape index (κ1) is 29.1. The van der Waals surface area contributed by atoms with Gasteiger partial charge in [0.25, 0.3) is 0 Å². The maximum atomic E-state index is 2.37. The van der Waals surface area contributed by atoms with E-state index in [4.69, 9.17) is 0 Å². The molecule has 8 aromatic carbocycles. The van der Waals surface area contributed by atoms with E-state index in [-0.39, 0.29) is 0 Å². The molecule has 1 aliphatic heterocycles. The van der Waals surface area contributed by atoms with Crippen molar-refractivity contribution in [3.05, 3.63) is 194 Å². The van der Waals surface area contributed by atoms with E-state index in [0.29, 0.717) is 0 Å². The molecule has 0 aromatic heterocycles. The second-order valence-electron chi connectivity index (χ2n) is 12.2. The summed E-state index contributed by atoms with van der Waals surface area (Å²) in [6.07, 6.45) is 0. The molecule has 0 radical (unpaired) electrons. The van der Waals surface area contributed by atoms with E-state index in [0.717, 1.165) is 28.4 Å². The van der Waals surface area contributed by atoms with Crippen LogP contribution in [0.15, 0.2) is 204 Å². The Labute approximate surface area is 291 Å². The molecular weight excluding hydrogens is 613 g/mol. The molecule has 0 saturated carbocycles. The van der Waals surface area contributed by atoms with Crippen LogP contribution < -0.4 is 9.80 Å². The van der Waals surface area contributed by atoms with Gasteiger partial charge in [-0.3, -0.25) is 0 Å². The molecule has 9 rings (SSSR count). The first-order valence-corrected chi connectivity index (χ1v) is 17.4. The number of anilines is 6.